The highest BCUT2D eigenvalue weighted by Crippen LogP contribution is 2.11. The fourth-order valence-corrected chi connectivity index (χ4v) is 1.13. The largest absolute Gasteiger partial charge is 0.494 e. The van der Waals surface area contributed by atoms with E-state index in [0.717, 1.165) is 18.8 Å². The second-order valence-corrected chi connectivity index (χ2v) is 3.22. The van der Waals surface area contributed by atoms with Gasteiger partial charge in [0, 0.05) is 15.9 Å². The third-order valence-electron chi connectivity index (χ3n) is 1.70. The van der Waals surface area contributed by atoms with Gasteiger partial charge in [-0.2, -0.15) is 0 Å². The first kappa shape index (κ1) is 13.7. The molecule has 0 aliphatic carbocycles. The van der Waals surface area contributed by atoms with Gasteiger partial charge in [0.2, 0.25) is 0 Å². The lowest BCUT2D eigenvalue weighted by molar-refractivity contribution is 0.266. The Labute approximate surface area is 93.7 Å². The molecule has 0 N–H and O–H groups in total. The minimum Gasteiger partial charge on any atom is -0.494 e. The van der Waals surface area contributed by atoms with Crippen molar-refractivity contribution in [2.75, 3.05) is 13.2 Å². The van der Waals surface area contributed by atoms with E-state index in [1.54, 1.807) is 0 Å². The molecular formula is C10H16ClO2P. The SMILES string of the molecule is Cc1ccc(OCCCOP)cc1.Cl. The van der Waals surface area contributed by atoms with Crippen LogP contribution in [0.3, 0.4) is 0 Å². The first-order valence-corrected chi connectivity index (χ1v) is 4.81. The smallest absolute Gasteiger partial charge is 0.119 e. The van der Waals surface area contributed by atoms with Gasteiger partial charge in [-0.05, 0) is 19.1 Å². The molecule has 0 bridgehead atoms. The second-order valence-electron chi connectivity index (χ2n) is 2.89. The average Bonchev–Trinajstić information content (AvgIpc) is 2.15. The Balaban J connectivity index is 0.00000169. The molecule has 0 amide bonds. The Hall–Kier alpha value is -0.300. The van der Waals surface area contributed by atoms with Crippen LogP contribution in [0, 0.1) is 6.92 Å². The fourth-order valence-electron chi connectivity index (χ4n) is 0.967. The van der Waals surface area contributed by atoms with Crippen molar-refractivity contribution in [3.8, 4) is 5.75 Å². The molecule has 14 heavy (non-hydrogen) atoms. The van der Waals surface area contributed by atoms with Crippen LogP contribution in [0.15, 0.2) is 24.3 Å². The van der Waals surface area contributed by atoms with Crippen LogP contribution in [0.5, 0.6) is 5.75 Å². The van der Waals surface area contributed by atoms with Crippen molar-refractivity contribution in [3.05, 3.63) is 29.8 Å². The van der Waals surface area contributed by atoms with E-state index in [4.69, 9.17) is 9.26 Å². The quantitative estimate of drug-likeness (QED) is 0.576. The van der Waals surface area contributed by atoms with E-state index >= 15 is 0 Å². The minimum absolute atomic E-state index is 0. The fraction of sp³-hybridized carbons (Fsp3) is 0.400. The van der Waals surface area contributed by atoms with Crippen LogP contribution in [-0.4, -0.2) is 13.2 Å². The van der Waals surface area contributed by atoms with Crippen LogP contribution < -0.4 is 4.74 Å². The van der Waals surface area contributed by atoms with E-state index in [1.807, 2.05) is 24.3 Å². The predicted molar refractivity (Wildman–Crippen MR) is 64.2 cm³/mol. The highest BCUT2D eigenvalue weighted by atomic mass is 35.5. The number of hydrogen-bond acceptors (Lipinski definition) is 2. The highest BCUT2D eigenvalue weighted by Gasteiger charge is 1.92. The van der Waals surface area contributed by atoms with Crippen molar-refractivity contribution in [2.45, 2.75) is 13.3 Å². The molecule has 0 saturated carbocycles. The Bertz CT molecular complexity index is 238. The minimum atomic E-state index is 0. The van der Waals surface area contributed by atoms with E-state index in [0.29, 0.717) is 6.61 Å². The molecule has 0 saturated heterocycles. The maximum absolute atomic E-state index is 5.47. The predicted octanol–water partition coefficient (Wildman–Crippen LogP) is 2.99. The third kappa shape index (κ3) is 5.43. The van der Waals surface area contributed by atoms with Crippen molar-refractivity contribution in [1.29, 1.82) is 0 Å². The molecular weight excluding hydrogens is 219 g/mol. The summed E-state index contributed by atoms with van der Waals surface area (Å²) in [5.41, 5.74) is 1.25. The molecule has 1 unspecified atom stereocenters. The molecule has 0 heterocycles. The van der Waals surface area contributed by atoms with E-state index in [9.17, 15) is 0 Å². The molecule has 0 fully saturated rings. The number of hydrogen-bond donors (Lipinski definition) is 0. The van der Waals surface area contributed by atoms with Crippen LogP contribution in [0.1, 0.15) is 12.0 Å². The van der Waals surface area contributed by atoms with Crippen LogP contribution in [-0.2, 0) is 4.52 Å². The van der Waals surface area contributed by atoms with E-state index < -0.39 is 0 Å². The molecule has 80 valence electrons. The maximum atomic E-state index is 5.47. The summed E-state index contributed by atoms with van der Waals surface area (Å²) in [5, 5.41) is 0. The normalized spacial score (nSPS) is 9.29. The van der Waals surface area contributed by atoms with Crippen molar-refractivity contribution < 1.29 is 9.26 Å². The molecule has 0 aliphatic rings. The summed E-state index contributed by atoms with van der Waals surface area (Å²) in [6.07, 6.45) is 0.914. The highest BCUT2D eigenvalue weighted by molar-refractivity contribution is 7.09. The van der Waals surface area contributed by atoms with Gasteiger partial charge in [0.05, 0.1) is 13.2 Å². The van der Waals surface area contributed by atoms with Crippen molar-refractivity contribution in [3.63, 3.8) is 0 Å². The number of halogens is 1. The van der Waals surface area contributed by atoms with E-state index in [2.05, 4.69) is 16.4 Å². The monoisotopic (exact) mass is 234 g/mol. The van der Waals surface area contributed by atoms with Crippen LogP contribution in [0.25, 0.3) is 0 Å². The van der Waals surface area contributed by atoms with Gasteiger partial charge in [-0.3, -0.25) is 0 Å². The zero-order valence-corrected chi connectivity index (χ0v) is 10.2. The number of ether oxygens (including phenoxy) is 1. The van der Waals surface area contributed by atoms with Gasteiger partial charge in [0.1, 0.15) is 5.75 Å². The third-order valence-corrected chi connectivity index (χ3v) is 1.93. The maximum Gasteiger partial charge on any atom is 0.119 e. The summed E-state index contributed by atoms with van der Waals surface area (Å²) in [7, 11) is 2.23. The Morgan fingerprint density at radius 1 is 1.14 bits per heavy atom. The van der Waals surface area contributed by atoms with Gasteiger partial charge in [-0.1, -0.05) is 17.7 Å². The lowest BCUT2D eigenvalue weighted by atomic mass is 10.2. The molecule has 0 radical (unpaired) electrons. The standard InChI is InChI=1S/C10H15O2P.ClH/c1-9-3-5-10(6-4-9)11-7-2-8-12-13;/h3-6H,2,7-8,13H2,1H3;1H. The van der Waals surface area contributed by atoms with Crippen molar-refractivity contribution in [1.82, 2.24) is 0 Å². The molecule has 0 aromatic heterocycles. The Kier molecular flexibility index (Phi) is 7.87. The average molecular weight is 235 g/mol. The Morgan fingerprint density at radius 3 is 2.36 bits per heavy atom. The van der Waals surface area contributed by atoms with Crippen LogP contribution in [0.2, 0.25) is 0 Å². The number of aryl methyl sites for hydroxylation is 1. The zero-order chi connectivity index (χ0) is 9.52. The van der Waals surface area contributed by atoms with Gasteiger partial charge in [0.15, 0.2) is 0 Å². The Morgan fingerprint density at radius 2 is 1.79 bits per heavy atom. The molecule has 4 heteroatoms. The molecule has 1 rings (SSSR count). The summed E-state index contributed by atoms with van der Waals surface area (Å²) < 4.78 is 10.3. The van der Waals surface area contributed by atoms with Gasteiger partial charge >= 0.3 is 0 Å². The van der Waals surface area contributed by atoms with Gasteiger partial charge in [-0.15, -0.1) is 12.4 Å². The second kappa shape index (κ2) is 8.05. The zero-order valence-electron chi connectivity index (χ0n) is 8.23. The van der Waals surface area contributed by atoms with E-state index in [1.165, 1.54) is 5.56 Å². The van der Waals surface area contributed by atoms with Gasteiger partial charge in [-0.25, -0.2) is 0 Å². The topological polar surface area (TPSA) is 18.5 Å². The molecule has 1 aromatic carbocycles. The summed E-state index contributed by atoms with van der Waals surface area (Å²) in [5.74, 6) is 0.925. The lowest BCUT2D eigenvalue weighted by Gasteiger charge is -2.05. The molecule has 0 aliphatic heterocycles. The summed E-state index contributed by atoms with van der Waals surface area (Å²) in [6.45, 7) is 3.49. The van der Waals surface area contributed by atoms with Crippen molar-refractivity contribution in [2.24, 2.45) is 0 Å². The van der Waals surface area contributed by atoms with Gasteiger partial charge < -0.3 is 9.26 Å². The van der Waals surface area contributed by atoms with E-state index in [-0.39, 0.29) is 12.4 Å². The molecule has 1 atom stereocenters. The molecule has 2 nitrogen and oxygen atoms in total. The lowest BCUT2D eigenvalue weighted by Crippen LogP contribution is -1.99. The number of rotatable bonds is 5. The van der Waals surface area contributed by atoms with Crippen LogP contribution >= 0.6 is 21.9 Å². The molecule has 0 spiro atoms. The first-order chi connectivity index (χ1) is 6.33. The van der Waals surface area contributed by atoms with Crippen molar-refractivity contribution >= 4 is 21.9 Å². The molecule has 1 aromatic rings. The van der Waals surface area contributed by atoms with Crippen LogP contribution in [0.4, 0.5) is 0 Å². The summed E-state index contributed by atoms with van der Waals surface area (Å²) >= 11 is 0. The summed E-state index contributed by atoms with van der Waals surface area (Å²) in [6, 6.07) is 8.05. The first-order valence-electron chi connectivity index (χ1n) is 4.34. The summed E-state index contributed by atoms with van der Waals surface area (Å²) in [4.78, 5) is 0. The number of benzene rings is 1. The van der Waals surface area contributed by atoms with Gasteiger partial charge in [0.25, 0.3) is 0 Å².